The van der Waals surface area contributed by atoms with Gasteiger partial charge >= 0.3 is 0 Å². The summed E-state index contributed by atoms with van der Waals surface area (Å²) in [6.45, 7) is 3.06. The Bertz CT molecular complexity index is 793. The minimum absolute atomic E-state index is 0.419. The van der Waals surface area contributed by atoms with Gasteiger partial charge in [-0.25, -0.2) is 9.97 Å². The molecule has 0 unspecified atom stereocenters. The van der Waals surface area contributed by atoms with Crippen LogP contribution in [-0.4, -0.2) is 47.3 Å². The molecule has 0 aromatic carbocycles. The molecule has 7 heteroatoms. The fraction of sp³-hybridized carbons (Fsp3) is 0.412. The average molecular weight is 323 g/mol. The van der Waals surface area contributed by atoms with Crippen LogP contribution < -0.4 is 0 Å². The lowest BCUT2D eigenvalue weighted by Crippen LogP contribution is -2.34. The van der Waals surface area contributed by atoms with E-state index in [1.165, 1.54) is 12.1 Å². The number of piperidine rings is 1. The van der Waals surface area contributed by atoms with E-state index < -0.39 is 0 Å². The zero-order chi connectivity index (χ0) is 16.4. The summed E-state index contributed by atoms with van der Waals surface area (Å²) < 4.78 is 3.84. The van der Waals surface area contributed by atoms with Crippen LogP contribution in [0.25, 0.3) is 5.82 Å². The fourth-order valence-corrected chi connectivity index (χ4v) is 3.31. The third-order valence-electron chi connectivity index (χ3n) is 4.64. The summed E-state index contributed by atoms with van der Waals surface area (Å²) in [6, 6.07) is 2.09. The van der Waals surface area contributed by atoms with Crippen LogP contribution in [0.1, 0.15) is 30.1 Å². The van der Waals surface area contributed by atoms with Crippen molar-refractivity contribution < 1.29 is 0 Å². The first-order valence-corrected chi connectivity index (χ1v) is 8.29. The second-order valence-corrected chi connectivity index (χ2v) is 6.29. The van der Waals surface area contributed by atoms with Crippen molar-refractivity contribution in [3.8, 4) is 5.82 Å². The van der Waals surface area contributed by atoms with E-state index in [1.807, 2.05) is 34.9 Å². The number of rotatable bonds is 4. The van der Waals surface area contributed by atoms with Crippen molar-refractivity contribution in [3.05, 3.63) is 54.8 Å². The third kappa shape index (κ3) is 3.07. The lowest BCUT2D eigenvalue weighted by atomic mass is 9.95. The first kappa shape index (κ1) is 15.0. The van der Waals surface area contributed by atoms with Gasteiger partial charge in [0.2, 0.25) is 0 Å². The summed E-state index contributed by atoms with van der Waals surface area (Å²) in [6.07, 6.45) is 13.3. The van der Waals surface area contributed by atoms with Crippen LogP contribution in [0, 0.1) is 0 Å². The lowest BCUT2D eigenvalue weighted by Gasteiger charge is -2.32. The maximum Gasteiger partial charge on any atom is 0.156 e. The largest absolute Gasteiger partial charge is 0.297 e. The highest BCUT2D eigenvalue weighted by Gasteiger charge is 2.23. The van der Waals surface area contributed by atoms with Crippen molar-refractivity contribution in [3.63, 3.8) is 0 Å². The molecule has 0 bridgehead atoms. The molecule has 3 aromatic rings. The minimum atomic E-state index is 0.419. The Hall–Kier alpha value is -2.54. The minimum Gasteiger partial charge on any atom is -0.297 e. The lowest BCUT2D eigenvalue weighted by molar-refractivity contribution is 0.194. The molecule has 7 nitrogen and oxygen atoms in total. The van der Waals surface area contributed by atoms with Gasteiger partial charge in [-0.15, -0.1) is 0 Å². The molecule has 1 aliphatic rings. The summed E-state index contributed by atoms with van der Waals surface area (Å²) >= 11 is 0. The maximum absolute atomic E-state index is 4.80. The van der Waals surface area contributed by atoms with E-state index in [1.54, 1.807) is 18.7 Å². The highest BCUT2D eigenvalue weighted by Crippen LogP contribution is 2.26. The molecule has 1 aliphatic heterocycles. The Balaban J connectivity index is 1.50. The van der Waals surface area contributed by atoms with Crippen LogP contribution in [0.4, 0.5) is 0 Å². The normalized spacial score (nSPS) is 18.8. The number of imidazole rings is 1. The van der Waals surface area contributed by atoms with Gasteiger partial charge in [-0.1, -0.05) is 0 Å². The molecule has 1 atom stereocenters. The monoisotopic (exact) mass is 323 g/mol. The molecule has 24 heavy (non-hydrogen) atoms. The molecule has 1 fully saturated rings. The van der Waals surface area contributed by atoms with Gasteiger partial charge in [-0.2, -0.15) is 5.10 Å². The highest BCUT2D eigenvalue weighted by molar-refractivity contribution is 5.21. The van der Waals surface area contributed by atoms with Gasteiger partial charge in [0, 0.05) is 50.8 Å². The van der Waals surface area contributed by atoms with Crippen molar-refractivity contribution >= 4 is 0 Å². The number of likely N-dealkylation sites (tertiary alicyclic amines) is 1. The van der Waals surface area contributed by atoms with E-state index >= 15 is 0 Å². The molecule has 4 heterocycles. The quantitative estimate of drug-likeness (QED) is 0.732. The van der Waals surface area contributed by atoms with Crippen molar-refractivity contribution in [2.75, 3.05) is 13.1 Å². The van der Waals surface area contributed by atoms with Gasteiger partial charge < -0.3 is 0 Å². The highest BCUT2D eigenvalue weighted by atomic mass is 15.3. The molecular weight excluding hydrogens is 302 g/mol. The van der Waals surface area contributed by atoms with Crippen LogP contribution in [0.15, 0.2) is 43.4 Å². The van der Waals surface area contributed by atoms with Gasteiger partial charge in [0.15, 0.2) is 5.82 Å². The zero-order valence-corrected chi connectivity index (χ0v) is 13.8. The van der Waals surface area contributed by atoms with E-state index in [2.05, 4.69) is 26.0 Å². The van der Waals surface area contributed by atoms with E-state index in [4.69, 9.17) is 4.98 Å². The third-order valence-corrected chi connectivity index (χ3v) is 4.64. The average Bonchev–Trinajstić information content (AvgIpc) is 3.28. The predicted molar refractivity (Wildman–Crippen MR) is 89.6 cm³/mol. The number of aromatic nitrogens is 6. The van der Waals surface area contributed by atoms with E-state index in [0.29, 0.717) is 5.92 Å². The Labute approximate surface area is 141 Å². The fourth-order valence-electron chi connectivity index (χ4n) is 3.31. The van der Waals surface area contributed by atoms with Gasteiger partial charge in [-0.3, -0.25) is 19.1 Å². The first-order chi connectivity index (χ1) is 11.8. The van der Waals surface area contributed by atoms with Crippen LogP contribution >= 0.6 is 0 Å². The van der Waals surface area contributed by atoms with Crippen molar-refractivity contribution in [1.29, 1.82) is 0 Å². The Kier molecular flexibility index (Phi) is 4.08. The van der Waals surface area contributed by atoms with Crippen LogP contribution in [0.5, 0.6) is 0 Å². The summed E-state index contributed by atoms with van der Waals surface area (Å²) in [4.78, 5) is 15.8. The molecule has 0 saturated carbocycles. The second kappa shape index (κ2) is 6.52. The molecular formula is C17H21N7. The molecule has 4 rings (SSSR count). The molecule has 1 saturated heterocycles. The molecule has 124 valence electrons. The number of aryl methyl sites for hydroxylation is 1. The molecule has 3 aromatic heterocycles. The Morgan fingerprint density at radius 2 is 2.17 bits per heavy atom. The van der Waals surface area contributed by atoms with Gasteiger partial charge in [0.1, 0.15) is 6.33 Å². The summed E-state index contributed by atoms with van der Waals surface area (Å²) in [5, 5.41) is 4.26. The number of hydrogen-bond acceptors (Lipinski definition) is 5. The van der Waals surface area contributed by atoms with E-state index in [-0.39, 0.29) is 0 Å². The summed E-state index contributed by atoms with van der Waals surface area (Å²) in [7, 11) is 2.00. The molecule has 0 aliphatic carbocycles. The predicted octanol–water partition coefficient (Wildman–Crippen LogP) is 1.78. The second-order valence-electron chi connectivity index (χ2n) is 6.29. The van der Waals surface area contributed by atoms with Crippen LogP contribution in [-0.2, 0) is 13.6 Å². The molecule has 0 radical (unpaired) electrons. The topological polar surface area (TPSA) is 64.7 Å². The van der Waals surface area contributed by atoms with E-state index in [9.17, 15) is 0 Å². The molecule has 0 N–H and O–H groups in total. The Morgan fingerprint density at radius 1 is 1.21 bits per heavy atom. The van der Waals surface area contributed by atoms with E-state index in [0.717, 1.165) is 37.6 Å². The summed E-state index contributed by atoms with van der Waals surface area (Å²) in [5.41, 5.74) is 2.31. The molecule has 0 spiro atoms. The van der Waals surface area contributed by atoms with Crippen molar-refractivity contribution in [2.45, 2.75) is 25.3 Å². The maximum atomic E-state index is 4.80. The van der Waals surface area contributed by atoms with Crippen LogP contribution in [0.2, 0.25) is 0 Å². The zero-order valence-electron chi connectivity index (χ0n) is 13.8. The van der Waals surface area contributed by atoms with Crippen LogP contribution in [0.3, 0.4) is 0 Å². The number of nitrogens with zero attached hydrogens (tertiary/aromatic N) is 7. The summed E-state index contributed by atoms with van der Waals surface area (Å²) in [5.74, 6) is 1.25. The van der Waals surface area contributed by atoms with Gasteiger partial charge in [0.05, 0.1) is 17.6 Å². The standard InChI is InChI=1S/C17H21N7/c1-22-15(4-5-20-22)12-23-7-2-3-14(11-23)16-9-19-10-17(21-16)24-8-6-18-13-24/h4-6,8-10,13-14H,2-3,7,11-12H2,1H3/t14-/m0/s1. The van der Waals surface area contributed by atoms with Crippen molar-refractivity contribution in [1.82, 2.24) is 34.2 Å². The molecule has 0 amide bonds. The first-order valence-electron chi connectivity index (χ1n) is 8.29. The Morgan fingerprint density at radius 3 is 2.96 bits per heavy atom. The van der Waals surface area contributed by atoms with Gasteiger partial charge in [0.25, 0.3) is 0 Å². The van der Waals surface area contributed by atoms with Crippen molar-refractivity contribution in [2.24, 2.45) is 7.05 Å². The number of hydrogen-bond donors (Lipinski definition) is 0. The van der Waals surface area contributed by atoms with Gasteiger partial charge in [-0.05, 0) is 25.5 Å². The SMILES string of the molecule is Cn1nccc1CN1CCC[C@H](c2cncc(-n3ccnc3)n2)C1. The smallest absolute Gasteiger partial charge is 0.156 e.